The summed E-state index contributed by atoms with van der Waals surface area (Å²) in [5.74, 6) is 0.363. The zero-order valence-electron chi connectivity index (χ0n) is 12.3. The van der Waals surface area contributed by atoms with Crippen LogP contribution in [0.15, 0.2) is 66.7 Å². The molecule has 0 unspecified atom stereocenters. The molecule has 1 heteroatoms. The van der Waals surface area contributed by atoms with E-state index in [0.29, 0.717) is 5.75 Å². The molecule has 0 amide bonds. The van der Waals surface area contributed by atoms with Gasteiger partial charge < -0.3 is 5.11 Å². The molecular weight excluding hydrogens is 280 g/mol. The Hall–Kier alpha value is -3.06. The molecule has 0 fully saturated rings. The van der Waals surface area contributed by atoms with Gasteiger partial charge in [-0.2, -0.15) is 0 Å². The van der Waals surface area contributed by atoms with Crippen LogP contribution in [0.5, 0.6) is 5.75 Å². The Kier molecular flexibility index (Phi) is 1.82. The van der Waals surface area contributed by atoms with E-state index in [9.17, 15) is 5.11 Å². The maximum Gasteiger partial charge on any atom is 0.124 e. The molecule has 23 heavy (non-hydrogen) atoms. The molecule has 1 nitrogen and oxygen atoms in total. The van der Waals surface area contributed by atoms with Crippen molar-refractivity contribution in [1.29, 1.82) is 0 Å². The summed E-state index contributed by atoms with van der Waals surface area (Å²) in [5.41, 5.74) is 5.24. The highest BCUT2D eigenvalue weighted by Gasteiger charge is 2.24. The molecule has 1 N–H and O–H groups in total. The van der Waals surface area contributed by atoms with Crippen LogP contribution in [0.2, 0.25) is 0 Å². The van der Waals surface area contributed by atoms with Crippen LogP contribution in [0.3, 0.4) is 0 Å². The van der Waals surface area contributed by atoms with Gasteiger partial charge in [-0.05, 0) is 55.9 Å². The molecule has 0 atom stereocenters. The standard InChI is InChI=1S/C22H12O/c23-19-11-13-8-9-16-14-5-1-2-6-15(14)18-10-12-4-3-7-17(19)20(12)21(13)22(16)18/h1-11,23H. The smallest absolute Gasteiger partial charge is 0.124 e. The second-order valence-corrected chi connectivity index (χ2v) is 6.36. The highest BCUT2D eigenvalue weighted by atomic mass is 16.3. The number of hydrogen-bond donors (Lipinski definition) is 1. The fourth-order valence-corrected chi connectivity index (χ4v) is 4.31. The second kappa shape index (κ2) is 3.64. The Labute approximate surface area is 132 Å². The van der Waals surface area contributed by atoms with Crippen molar-refractivity contribution >= 4 is 32.3 Å². The monoisotopic (exact) mass is 292 g/mol. The third-order valence-corrected chi connectivity index (χ3v) is 5.23. The van der Waals surface area contributed by atoms with Crippen LogP contribution in [0.1, 0.15) is 0 Å². The van der Waals surface area contributed by atoms with Gasteiger partial charge in [0.15, 0.2) is 0 Å². The number of hydrogen-bond acceptors (Lipinski definition) is 1. The average Bonchev–Trinajstić information content (AvgIpc) is 2.91. The molecule has 0 radical (unpaired) electrons. The van der Waals surface area contributed by atoms with Crippen molar-refractivity contribution in [3.05, 3.63) is 66.7 Å². The van der Waals surface area contributed by atoms with Crippen molar-refractivity contribution in [2.45, 2.75) is 0 Å². The van der Waals surface area contributed by atoms with E-state index in [0.717, 1.165) is 10.8 Å². The minimum Gasteiger partial charge on any atom is -0.507 e. The van der Waals surface area contributed by atoms with Gasteiger partial charge in [-0.15, -0.1) is 0 Å². The van der Waals surface area contributed by atoms with Crippen molar-refractivity contribution in [2.75, 3.05) is 0 Å². The van der Waals surface area contributed by atoms with Crippen LogP contribution in [0, 0.1) is 0 Å². The molecule has 1 aliphatic rings. The highest BCUT2D eigenvalue weighted by Crippen LogP contribution is 2.52. The minimum atomic E-state index is 0.363. The zero-order valence-corrected chi connectivity index (χ0v) is 12.3. The van der Waals surface area contributed by atoms with E-state index in [2.05, 4.69) is 48.5 Å². The van der Waals surface area contributed by atoms with E-state index in [4.69, 9.17) is 0 Å². The number of benzene rings is 5. The van der Waals surface area contributed by atoms with Crippen LogP contribution in [0.25, 0.3) is 54.6 Å². The number of fused-ring (bicyclic) bond motifs is 3. The molecule has 106 valence electrons. The van der Waals surface area contributed by atoms with Crippen molar-refractivity contribution < 1.29 is 5.11 Å². The van der Waals surface area contributed by atoms with Gasteiger partial charge in [0.05, 0.1) is 0 Å². The Morgan fingerprint density at radius 3 is 2.17 bits per heavy atom. The highest BCUT2D eigenvalue weighted by molar-refractivity contribution is 6.32. The molecule has 5 aromatic carbocycles. The Bertz CT molecular complexity index is 1260. The Morgan fingerprint density at radius 1 is 0.522 bits per heavy atom. The predicted octanol–water partition coefficient (Wildman–Crippen LogP) is 5.94. The number of phenols is 1. The van der Waals surface area contributed by atoms with E-state index >= 15 is 0 Å². The van der Waals surface area contributed by atoms with E-state index < -0.39 is 0 Å². The SMILES string of the molecule is Oc1cc2ccc3c4c(cc5cccc1c5c24)-c1ccccc1-3. The fraction of sp³-hybridized carbons (Fsp3) is 0. The summed E-state index contributed by atoms with van der Waals surface area (Å²) in [7, 11) is 0. The van der Waals surface area contributed by atoms with Crippen LogP contribution < -0.4 is 0 Å². The first-order chi connectivity index (χ1) is 11.3. The minimum absolute atomic E-state index is 0.363. The van der Waals surface area contributed by atoms with Crippen LogP contribution in [-0.4, -0.2) is 5.11 Å². The van der Waals surface area contributed by atoms with Crippen molar-refractivity contribution in [3.63, 3.8) is 0 Å². The van der Waals surface area contributed by atoms with Gasteiger partial charge in [-0.1, -0.05) is 54.6 Å². The number of aromatic hydroxyl groups is 1. The molecule has 0 heterocycles. The van der Waals surface area contributed by atoms with Crippen molar-refractivity contribution in [1.82, 2.24) is 0 Å². The maximum absolute atomic E-state index is 10.4. The van der Waals surface area contributed by atoms with Crippen LogP contribution >= 0.6 is 0 Å². The molecule has 1 aliphatic carbocycles. The Balaban J connectivity index is 2.02. The molecule has 6 rings (SSSR count). The average molecular weight is 292 g/mol. The topological polar surface area (TPSA) is 20.2 Å². The molecule has 0 bridgehead atoms. The van der Waals surface area contributed by atoms with Crippen LogP contribution in [0.4, 0.5) is 0 Å². The first-order valence-electron chi connectivity index (χ1n) is 7.86. The summed E-state index contributed by atoms with van der Waals surface area (Å²) in [4.78, 5) is 0. The largest absolute Gasteiger partial charge is 0.507 e. The molecule has 0 aliphatic heterocycles. The summed E-state index contributed by atoms with van der Waals surface area (Å²) >= 11 is 0. The molecule has 5 aromatic rings. The normalized spacial score (nSPS) is 12.5. The third-order valence-electron chi connectivity index (χ3n) is 5.23. The van der Waals surface area contributed by atoms with E-state index in [-0.39, 0.29) is 0 Å². The first-order valence-corrected chi connectivity index (χ1v) is 7.86. The molecule has 0 spiro atoms. The van der Waals surface area contributed by atoms with E-state index in [1.165, 1.54) is 43.8 Å². The summed E-state index contributed by atoms with van der Waals surface area (Å²) < 4.78 is 0. The summed E-state index contributed by atoms with van der Waals surface area (Å²) in [5, 5.41) is 17.4. The van der Waals surface area contributed by atoms with Gasteiger partial charge in [-0.25, -0.2) is 0 Å². The maximum atomic E-state index is 10.4. The summed E-state index contributed by atoms with van der Waals surface area (Å²) in [6.45, 7) is 0. The van der Waals surface area contributed by atoms with Crippen molar-refractivity contribution in [2.24, 2.45) is 0 Å². The van der Waals surface area contributed by atoms with Gasteiger partial charge in [-0.3, -0.25) is 0 Å². The van der Waals surface area contributed by atoms with Gasteiger partial charge in [0, 0.05) is 10.8 Å². The molecule has 0 saturated heterocycles. The van der Waals surface area contributed by atoms with E-state index in [1.807, 2.05) is 18.2 Å². The molecule has 0 saturated carbocycles. The van der Waals surface area contributed by atoms with E-state index in [1.54, 1.807) is 0 Å². The lowest BCUT2D eigenvalue weighted by atomic mass is 9.90. The predicted molar refractivity (Wildman–Crippen MR) is 96.2 cm³/mol. The first kappa shape index (κ1) is 11.5. The quantitative estimate of drug-likeness (QED) is 0.344. The number of rotatable bonds is 0. The van der Waals surface area contributed by atoms with Crippen LogP contribution in [-0.2, 0) is 0 Å². The molecule has 0 aromatic heterocycles. The van der Waals surface area contributed by atoms with Gasteiger partial charge in [0.25, 0.3) is 0 Å². The number of phenolic OH excluding ortho intramolecular Hbond substituents is 1. The lowest BCUT2D eigenvalue weighted by Gasteiger charge is -2.14. The lowest BCUT2D eigenvalue weighted by molar-refractivity contribution is 0.482. The zero-order chi connectivity index (χ0) is 15.1. The summed E-state index contributed by atoms with van der Waals surface area (Å²) in [6.07, 6.45) is 0. The summed E-state index contributed by atoms with van der Waals surface area (Å²) in [6, 6.07) is 23.3. The Morgan fingerprint density at radius 2 is 1.30 bits per heavy atom. The van der Waals surface area contributed by atoms with Gasteiger partial charge in [0.1, 0.15) is 5.75 Å². The fourth-order valence-electron chi connectivity index (χ4n) is 4.31. The second-order valence-electron chi connectivity index (χ2n) is 6.36. The van der Waals surface area contributed by atoms with Gasteiger partial charge in [0.2, 0.25) is 0 Å². The molecular formula is C22H12O. The van der Waals surface area contributed by atoms with Crippen molar-refractivity contribution in [3.8, 4) is 28.0 Å². The third kappa shape index (κ3) is 1.21. The van der Waals surface area contributed by atoms with Gasteiger partial charge >= 0.3 is 0 Å². The lowest BCUT2D eigenvalue weighted by Crippen LogP contribution is -1.86.